The maximum absolute atomic E-state index is 12.0. The smallest absolute Gasteiger partial charge is 0.270 e. The molecule has 0 spiro atoms. The molecule has 1 aromatic carbocycles. The maximum Gasteiger partial charge on any atom is 0.270 e. The second-order valence-corrected chi connectivity index (χ2v) is 4.21. The molecule has 0 radical (unpaired) electrons. The number of alkyl halides is 1. The summed E-state index contributed by atoms with van der Waals surface area (Å²) in [5, 5.41) is 10.7. The average Bonchev–Trinajstić information content (AvgIpc) is 2.32. The van der Waals surface area contributed by atoms with Crippen LogP contribution < -0.4 is 0 Å². The Morgan fingerprint density at radius 3 is 2.88 bits per heavy atom. The molecule has 0 unspecified atom stereocenters. The van der Waals surface area contributed by atoms with E-state index in [1.54, 1.807) is 11.0 Å². The molecule has 0 aromatic heterocycles. The fraction of sp³-hybridized carbons (Fsp3) is 0.364. The van der Waals surface area contributed by atoms with Gasteiger partial charge in [0.15, 0.2) is 0 Å². The molecular formula is C11H11ClN2O3. The lowest BCUT2D eigenvalue weighted by Gasteiger charge is -2.27. The summed E-state index contributed by atoms with van der Waals surface area (Å²) in [5.74, 6) is 0.200. The van der Waals surface area contributed by atoms with E-state index in [2.05, 4.69) is 0 Å². The fourth-order valence-corrected chi connectivity index (χ4v) is 2.14. The Labute approximate surface area is 103 Å². The number of hydrogen-bond donors (Lipinski definition) is 0. The Kier molecular flexibility index (Phi) is 3.28. The van der Waals surface area contributed by atoms with Crippen molar-refractivity contribution < 1.29 is 9.72 Å². The van der Waals surface area contributed by atoms with Crippen LogP contribution in [0.4, 0.5) is 5.69 Å². The highest BCUT2D eigenvalue weighted by molar-refractivity contribution is 6.18. The Morgan fingerprint density at radius 1 is 1.47 bits per heavy atom. The van der Waals surface area contributed by atoms with Crippen molar-refractivity contribution in [3.63, 3.8) is 0 Å². The van der Waals surface area contributed by atoms with Crippen molar-refractivity contribution in [3.05, 3.63) is 39.4 Å². The molecule has 0 N–H and O–H groups in total. The zero-order chi connectivity index (χ0) is 12.4. The van der Waals surface area contributed by atoms with Crippen LogP contribution in [0.1, 0.15) is 15.9 Å². The number of rotatable bonds is 3. The Bertz CT molecular complexity index is 476. The van der Waals surface area contributed by atoms with Crippen LogP contribution in [-0.2, 0) is 6.42 Å². The van der Waals surface area contributed by atoms with E-state index in [1.807, 2.05) is 0 Å². The zero-order valence-electron chi connectivity index (χ0n) is 9.06. The van der Waals surface area contributed by atoms with Gasteiger partial charge in [-0.05, 0) is 12.0 Å². The molecule has 2 rings (SSSR count). The quantitative estimate of drug-likeness (QED) is 0.470. The summed E-state index contributed by atoms with van der Waals surface area (Å²) in [4.78, 5) is 23.8. The number of carbonyl (C=O) groups is 1. The number of non-ortho nitro benzene ring substituents is 1. The molecule has 0 saturated carbocycles. The van der Waals surface area contributed by atoms with E-state index in [0.29, 0.717) is 24.5 Å². The molecule has 0 bridgehead atoms. The van der Waals surface area contributed by atoms with E-state index in [-0.39, 0.29) is 11.6 Å². The Morgan fingerprint density at radius 2 is 2.24 bits per heavy atom. The Balaban J connectivity index is 2.36. The number of fused-ring (bicyclic) bond motifs is 1. The number of nitrogens with zero attached hydrogens (tertiary/aromatic N) is 2. The highest BCUT2D eigenvalue weighted by Gasteiger charge is 2.25. The summed E-state index contributed by atoms with van der Waals surface area (Å²) < 4.78 is 0. The van der Waals surface area contributed by atoms with Crippen molar-refractivity contribution in [1.29, 1.82) is 0 Å². The number of halogens is 1. The third kappa shape index (κ3) is 2.24. The minimum atomic E-state index is -0.492. The predicted molar refractivity (Wildman–Crippen MR) is 63.4 cm³/mol. The molecule has 90 valence electrons. The van der Waals surface area contributed by atoms with E-state index in [0.717, 1.165) is 12.0 Å². The van der Waals surface area contributed by atoms with Gasteiger partial charge in [0.1, 0.15) is 0 Å². The monoisotopic (exact) mass is 254 g/mol. The van der Waals surface area contributed by atoms with Gasteiger partial charge in [-0.2, -0.15) is 0 Å². The van der Waals surface area contributed by atoms with Crippen LogP contribution in [0.2, 0.25) is 0 Å². The highest BCUT2D eigenvalue weighted by atomic mass is 35.5. The van der Waals surface area contributed by atoms with Gasteiger partial charge < -0.3 is 4.90 Å². The van der Waals surface area contributed by atoms with Crippen molar-refractivity contribution in [2.24, 2.45) is 0 Å². The van der Waals surface area contributed by atoms with Crippen LogP contribution >= 0.6 is 11.6 Å². The van der Waals surface area contributed by atoms with Crippen molar-refractivity contribution in [3.8, 4) is 0 Å². The van der Waals surface area contributed by atoms with Gasteiger partial charge in [-0.3, -0.25) is 14.9 Å². The van der Waals surface area contributed by atoms with Gasteiger partial charge in [-0.1, -0.05) is 6.07 Å². The number of nitro benzene ring substituents is 1. The van der Waals surface area contributed by atoms with Gasteiger partial charge in [0.2, 0.25) is 0 Å². The van der Waals surface area contributed by atoms with E-state index >= 15 is 0 Å². The first-order valence-corrected chi connectivity index (χ1v) is 5.79. The summed E-state index contributed by atoms with van der Waals surface area (Å²) in [5.41, 5.74) is 1.24. The molecule has 1 amide bonds. The molecule has 0 atom stereocenters. The summed E-state index contributed by atoms with van der Waals surface area (Å²) in [6, 6.07) is 4.44. The van der Waals surface area contributed by atoms with Crippen LogP contribution in [0.3, 0.4) is 0 Å². The largest absolute Gasteiger partial charge is 0.337 e. The second kappa shape index (κ2) is 4.71. The van der Waals surface area contributed by atoms with E-state index in [9.17, 15) is 14.9 Å². The van der Waals surface area contributed by atoms with Crippen LogP contribution in [0.5, 0.6) is 0 Å². The Hall–Kier alpha value is -1.62. The van der Waals surface area contributed by atoms with Gasteiger partial charge in [0, 0.05) is 36.7 Å². The van der Waals surface area contributed by atoms with Gasteiger partial charge in [0.05, 0.1) is 4.92 Å². The topological polar surface area (TPSA) is 63.4 Å². The molecule has 0 saturated heterocycles. The maximum atomic E-state index is 12.0. The van der Waals surface area contributed by atoms with Crippen molar-refractivity contribution >= 4 is 23.2 Å². The van der Waals surface area contributed by atoms with Crippen molar-refractivity contribution in [2.45, 2.75) is 6.42 Å². The van der Waals surface area contributed by atoms with Crippen molar-refractivity contribution in [2.75, 3.05) is 19.0 Å². The predicted octanol–water partition coefficient (Wildman–Crippen LogP) is 1.83. The van der Waals surface area contributed by atoms with E-state index < -0.39 is 4.92 Å². The number of nitro groups is 1. The van der Waals surface area contributed by atoms with Crippen molar-refractivity contribution in [1.82, 2.24) is 4.90 Å². The third-order valence-corrected chi connectivity index (χ3v) is 3.00. The second-order valence-electron chi connectivity index (χ2n) is 3.83. The van der Waals surface area contributed by atoms with E-state index in [4.69, 9.17) is 11.6 Å². The van der Waals surface area contributed by atoms with Crippen LogP contribution in [-0.4, -0.2) is 34.7 Å². The third-order valence-electron chi connectivity index (χ3n) is 2.83. The molecule has 1 aliphatic heterocycles. The summed E-state index contributed by atoms with van der Waals surface area (Å²) >= 11 is 5.61. The minimum absolute atomic E-state index is 0.0511. The lowest BCUT2D eigenvalue weighted by molar-refractivity contribution is -0.384. The lowest BCUT2D eigenvalue weighted by Crippen LogP contribution is -2.38. The number of hydrogen-bond acceptors (Lipinski definition) is 3. The van der Waals surface area contributed by atoms with Crippen LogP contribution in [0.25, 0.3) is 0 Å². The standard InChI is InChI=1S/C11H11ClN2O3/c12-4-6-13-5-3-8-1-2-9(14(16)17)7-10(8)11(13)15/h1-2,7H,3-6H2. The first-order valence-electron chi connectivity index (χ1n) is 5.26. The number of carbonyl (C=O) groups excluding carboxylic acids is 1. The van der Waals surface area contributed by atoms with Gasteiger partial charge >= 0.3 is 0 Å². The molecule has 6 heteroatoms. The molecule has 17 heavy (non-hydrogen) atoms. The summed E-state index contributed by atoms with van der Waals surface area (Å²) in [7, 11) is 0. The first-order chi connectivity index (χ1) is 8.13. The number of amides is 1. The lowest BCUT2D eigenvalue weighted by atomic mass is 9.98. The molecular weight excluding hydrogens is 244 g/mol. The molecule has 0 aliphatic carbocycles. The van der Waals surface area contributed by atoms with Gasteiger partial charge in [-0.25, -0.2) is 0 Å². The normalized spacial score (nSPS) is 14.6. The summed E-state index contributed by atoms with van der Waals surface area (Å²) in [6.07, 6.45) is 0.718. The summed E-state index contributed by atoms with van der Waals surface area (Å²) in [6.45, 7) is 1.10. The molecule has 1 heterocycles. The number of benzene rings is 1. The average molecular weight is 255 g/mol. The minimum Gasteiger partial charge on any atom is -0.337 e. The van der Waals surface area contributed by atoms with Crippen LogP contribution in [0.15, 0.2) is 18.2 Å². The van der Waals surface area contributed by atoms with Gasteiger partial charge in [-0.15, -0.1) is 11.6 Å². The fourth-order valence-electron chi connectivity index (χ4n) is 1.94. The highest BCUT2D eigenvalue weighted by Crippen LogP contribution is 2.23. The van der Waals surface area contributed by atoms with E-state index in [1.165, 1.54) is 12.1 Å². The van der Waals surface area contributed by atoms with Crippen LogP contribution in [0, 0.1) is 10.1 Å². The zero-order valence-corrected chi connectivity index (χ0v) is 9.81. The molecule has 1 aromatic rings. The molecule has 1 aliphatic rings. The SMILES string of the molecule is O=C1c2cc([N+](=O)[O-])ccc2CCN1CCCl. The molecule has 0 fully saturated rings. The first kappa shape index (κ1) is 11.9. The molecule has 5 nitrogen and oxygen atoms in total. The van der Waals surface area contributed by atoms with Gasteiger partial charge in [0.25, 0.3) is 11.6 Å².